The zero-order valence-corrected chi connectivity index (χ0v) is 17.6. The molecule has 1 aromatic carbocycles. The van der Waals surface area contributed by atoms with E-state index in [1.54, 1.807) is 13.3 Å². The Kier molecular flexibility index (Phi) is 6.33. The van der Waals surface area contributed by atoms with Crippen LogP contribution in [0.15, 0.2) is 12.1 Å². The van der Waals surface area contributed by atoms with Crippen molar-refractivity contribution < 1.29 is 14.2 Å². The van der Waals surface area contributed by atoms with Gasteiger partial charge in [0.25, 0.3) is 0 Å². The zero-order valence-electron chi connectivity index (χ0n) is 17.6. The third-order valence-electron chi connectivity index (χ3n) is 3.98. The van der Waals surface area contributed by atoms with Crippen LogP contribution in [0.4, 0.5) is 0 Å². The first-order valence-corrected chi connectivity index (χ1v) is 8.80. The molecule has 0 spiro atoms. The van der Waals surface area contributed by atoms with E-state index in [4.69, 9.17) is 9.47 Å². The van der Waals surface area contributed by atoms with Crippen LogP contribution in [0.2, 0.25) is 0 Å². The molecule has 1 aromatic rings. The van der Waals surface area contributed by atoms with Crippen molar-refractivity contribution in [1.82, 2.24) is 0 Å². The predicted molar refractivity (Wildman–Crippen MR) is 105 cm³/mol. The summed E-state index contributed by atoms with van der Waals surface area (Å²) in [6.45, 7) is 18.8. The summed E-state index contributed by atoms with van der Waals surface area (Å²) in [7, 11) is 1.62. The maximum absolute atomic E-state index is 12.4. The first-order chi connectivity index (χ1) is 11.2. The number of hydrogen-bond donors (Lipinski definition) is 0. The van der Waals surface area contributed by atoms with E-state index in [0.717, 1.165) is 27.2 Å². The van der Waals surface area contributed by atoms with Crippen LogP contribution in [0.5, 0.6) is 5.75 Å². The van der Waals surface area contributed by atoms with Crippen LogP contribution < -0.4 is 4.74 Å². The molecule has 0 N–H and O–H groups in total. The van der Waals surface area contributed by atoms with Crippen molar-refractivity contribution in [3.05, 3.63) is 34.0 Å². The van der Waals surface area contributed by atoms with Crippen LogP contribution >= 0.6 is 0 Å². The van der Waals surface area contributed by atoms with E-state index < -0.39 is 5.54 Å². The van der Waals surface area contributed by atoms with Crippen molar-refractivity contribution in [2.24, 2.45) is 0 Å². The molecule has 0 saturated carbocycles. The van der Waals surface area contributed by atoms with E-state index in [9.17, 15) is 5.21 Å². The van der Waals surface area contributed by atoms with Crippen LogP contribution in [0.1, 0.15) is 79.0 Å². The number of rotatable bonds is 4. The lowest BCUT2D eigenvalue weighted by atomic mass is 9.78. The van der Waals surface area contributed by atoms with Crippen molar-refractivity contribution in [2.45, 2.75) is 78.7 Å². The summed E-state index contributed by atoms with van der Waals surface area (Å²) in [5.74, 6) is 0.854. The lowest BCUT2D eigenvalue weighted by molar-refractivity contribution is -0.530. The van der Waals surface area contributed by atoms with Crippen molar-refractivity contribution in [3.8, 4) is 5.75 Å². The third kappa shape index (κ3) is 5.74. The maximum Gasteiger partial charge on any atom is 0.188 e. The molecular weight excluding hydrogens is 314 g/mol. The average Bonchev–Trinajstić information content (AvgIpc) is 2.42. The maximum atomic E-state index is 12.4. The lowest BCUT2D eigenvalue weighted by Crippen LogP contribution is -2.29. The third-order valence-corrected chi connectivity index (χ3v) is 3.98. The van der Waals surface area contributed by atoms with Crippen LogP contribution in [0.3, 0.4) is 0 Å². The first-order valence-electron chi connectivity index (χ1n) is 8.80. The minimum Gasteiger partial charge on any atom is -0.623 e. The van der Waals surface area contributed by atoms with Gasteiger partial charge in [-0.25, -0.2) is 4.74 Å². The molecule has 25 heavy (non-hydrogen) atoms. The Bertz CT molecular complexity index is 591. The van der Waals surface area contributed by atoms with Crippen LogP contribution in [-0.2, 0) is 15.6 Å². The van der Waals surface area contributed by atoms with E-state index in [-0.39, 0.29) is 17.6 Å². The average molecular weight is 350 g/mol. The Balaban J connectivity index is 3.70. The molecule has 4 nitrogen and oxygen atoms in total. The molecular formula is C21H35NO3. The standard InChI is InChI=1S/C21H35NO3/c1-19(2,3)16-11-15(13-22(23)21(7,8)9)12-17(20(4,5)6)18(16)25-14-24-10/h11-13H,14H2,1-10H3/b22-13+. The van der Waals surface area contributed by atoms with Gasteiger partial charge < -0.3 is 14.7 Å². The van der Waals surface area contributed by atoms with E-state index in [2.05, 4.69) is 53.7 Å². The molecule has 0 radical (unpaired) electrons. The molecule has 0 fully saturated rings. The van der Waals surface area contributed by atoms with Gasteiger partial charge in [-0.15, -0.1) is 0 Å². The topological polar surface area (TPSA) is 44.5 Å². The predicted octanol–water partition coefficient (Wildman–Crippen LogP) is 4.99. The number of nitrogens with zero attached hydrogens (tertiary/aromatic N) is 1. The molecule has 0 aliphatic rings. The molecule has 0 unspecified atom stereocenters. The highest BCUT2D eigenvalue weighted by molar-refractivity contribution is 5.78. The minimum absolute atomic E-state index is 0.123. The highest BCUT2D eigenvalue weighted by Crippen LogP contribution is 2.40. The van der Waals surface area contributed by atoms with Gasteiger partial charge in [-0.3, -0.25) is 0 Å². The van der Waals surface area contributed by atoms with Crippen molar-refractivity contribution in [2.75, 3.05) is 13.9 Å². The molecule has 0 aromatic heterocycles. The lowest BCUT2D eigenvalue weighted by Gasteiger charge is -2.30. The second-order valence-corrected chi connectivity index (χ2v) is 9.62. The Morgan fingerprint density at radius 1 is 0.920 bits per heavy atom. The van der Waals surface area contributed by atoms with Gasteiger partial charge in [-0.1, -0.05) is 41.5 Å². The summed E-state index contributed by atoms with van der Waals surface area (Å²) in [6.07, 6.45) is 1.67. The van der Waals surface area contributed by atoms with E-state index >= 15 is 0 Å². The van der Waals surface area contributed by atoms with Crippen molar-refractivity contribution in [3.63, 3.8) is 0 Å². The summed E-state index contributed by atoms with van der Waals surface area (Å²) in [5, 5.41) is 12.4. The fourth-order valence-electron chi connectivity index (χ4n) is 2.44. The molecule has 142 valence electrons. The molecule has 0 aliphatic carbocycles. The van der Waals surface area contributed by atoms with E-state index in [1.165, 1.54) is 0 Å². The summed E-state index contributed by atoms with van der Waals surface area (Å²) in [5.41, 5.74) is 2.32. The highest BCUT2D eigenvalue weighted by atomic mass is 16.7. The zero-order chi connectivity index (χ0) is 19.6. The quantitative estimate of drug-likeness (QED) is 0.253. The van der Waals surface area contributed by atoms with Gasteiger partial charge in [0.15, 0.2) is 18.5 Å². The fourth-order valence-corrected chi connectivity index (χ4v) is 2.44. The van der Waals surface area contributed by atoms with Gasteiger partial charge in [0.2, 0.25) is 0 Å². The van der Waals surface area contributed by atoms with Gasteiger partial charge in [0.1, 0.15) is 5.75 Å². The first kappa shape index (κ1) is 21.5. The Labute approximate surface area is 153 Å². The SMILES string of the molecule is COCOc1c(C(C)(C)C)cc(/C=[N+](/[O-])C(C)(C)C)cc1C(C)(C)C. The smallest absolute Gasteiger partial charge is 0.188 e. The monoisotopic (exact) mass is 349 g/mol. The Morgan fingerprint density at radius 3 is 1.68 bits per heavy atom. The largest absolute Gasteiger partial charge is 0.623 e. The molecule has 0 amide bonds. The summed E-state index contributed by atoms with van der Waals surface area (Å²) in [6, 6.07) is 4.10. The molecule has 1 rings (SSSR count). The Morgan fingerprint density at radius 2 is 1.36 bits per heavy atom. The van der Waals surface area contributed by atoms with Crippen LogP contribution in [0.25, 0.3) is 0 Å². The number of benzene rings is 1. The Hall–Kier alpha value is -1.55. The molecule has 0 aliphatic heterocycles. The molecule has 0 heterocycles. The molecule has 0 saturated heterocycles. The van der Waals surface area contributed by atoms with Gasteiger partial charge in [0.05, 0.1) is 0 Å². The molecule has 0 bridgehead atoms. The normalized spacial score (nSPS) is 13.9. The van der Waals surface area contributed by atoms with Crippen molar-refractivity contribution in [1.29, 1.82) is 0 Å². The number of ether oxygens (including phenoxy) is 2. The van der Waals surface area contributed by atoms with Gasteiger partial charge in [-0.05, 0) is 23.0 Å². The van der Waals surface area contributed by atoms with Gasteiger partial charge in [0, 0.05) is 44.6 Å². The highest BCUT2D eigenvalue weighted by Gasteiger charge is 2.28. The summed E-state index contributed by atoms with van der Waals surface area (Å²) < 4.78 is 12.1. The van der Waals surface area contributed by atoms with Crippen LogP contribution in [-0.4, -0.2) is 30.4 Å². The van der Waals surface area contributed by atoms with E-state index in [1.807, 2.05) is 20.8 Å². The summed E-state index contributed by atoms with van der Waals surface area (Å²) >= 11 is 0. The second-order valence-electron chi connectivity index (χ2n) is 9.62. The number of methoxy groups -OCH3 is 1. The molecule has 0 atom stereocenters. The summed E-state index contributed by atoms with van der Waals surface area (Å²) in [4.78, 5) is 0. The van der Waals surface area contributed by atoms with E-state index in [0.29, 0.717) is 0 Å². The number of hydrogen-bond acceptors (Lipinski definition) is 3. The van der Waals surface area contributed by atoms with Crippen molar-refractivity contribution >= 4 is 6.21 Å². The molecule has 4 heteroatoms. The number of hydroxylamine groups is 1. The fraction of sp³-hybridized carbons (Fsp3) is 0.667. The minimum atomic E-state index is -0.477. The van der Waals surface area contributed by atoms with Crippen LogP contribution in [0, 0.1) is 5.21 Å². The second kappa shape index (κ2) is 7.36. The van der Waals surface area contributed by atoms with Gasteiger partial charge in [-0.2, -0.15) is 0 Å². The van der Waals surface area contributed by atoms with Gasteiger partial charge >= 0.3 is 0 Å².